The Bertz CT molecular complexity index is 86.9. The highest BCUT2D eigenvalue weighted by molar-refractivity contribution is 7.51. The molecule has 0 atom stereocenters. The van der Waals surface area contributed by atoms with Gasteiger partial charge in [-0.3, -0.25) is 4.57 Å². The summed E-state index contributed by atoms with van der Waals surface area (Å²) in [5.41, 5.74) is 4.70. The Hall–Kier alpha value is 0.110. The molecule has 0 spiro atoms. The molecule has 5 heteroatoms. The van der Waals surface area contributed by atoms with E-state index in [9.17, 15) is 4.57 Å². The third kappa shape index (κ3) is 6.11. The molecule has 0 aliphatic rings. The second kappa shape index (κ2) is 2.43. The summed E-state index contributed by atoms with van der Waals surface area (Å²) in [4.78, 5) is 16.0. The van der Waals surface area contributed by atoms with Crippen LogP contribution >= 0.6 is 7.60 Å². The van der Waals surface area contributed by atoms with Crippen molar-refractivity contribution >= 4 is 7.60 Å². The minimum Gasteiger partial charge on any atom is -0.326 e. The molecule has 1 radical (unpaired) electrons. The lowest BCUT2D eigenvalue weighted by Gasteiger charge is -1.96. The van der Waals surface area contributed by atoms with Gasteiger partial charge in [0.1, 0.15) is 0 Å². The molecule has 0 bridgehead atoms. The monoisotopic (exact) mass is 124 g/mol. The SMILES string of the molecule is N[CH]CP(=O)(O)O. The molecule has 0 aliphatic heterocycles. The maximum absolute atomic E-state index is 9.81. The molecular weight excluding hydrogens is 117 g/mol. The fraction of sp³-hybridized carbons (Fsp3) is 0.500. The molecule has 0 aliphatic carbocycles. The topological polar surface area (TPSA) is 83.6 Å². The molecule has 0 rings (SSSR count). The van der Waals surface area contributed by atoms with Crippen molar-refractivity contribution < 1.29 is 14.4 Å². The molecule has 0 saturated carbocycles. The first-order chi connectivity index (χ1) is 3.06. The fourth-order valence-electron chi connectivity index (χ4n) is 0.137. The first kappa shape index (κ1) is 7.11. The molecule has 0 saturated heterocycles. The van der Waals surface area contributed by atoms with Gasteiger partial charge in [-0.2, -0.15) is 0 Å². The maximum atomic E-state index is 9.81. The molecule has 0 amide bonds. The van der Waals surface area contributed by atoms with Crippen molar-refractivity contribution in [2.24, 2.45) is 5.73 Å². The largest absolute Gasteiger partial charge is 0.327 e. The molecule has 0 heterocycles. The van der Waals surface area contributed by atoms with E-state index in [-0.39, 0.29) is 6.16 Å². The van der Waals surface area contributed by atoms with Crippen molar-refractivity contribution in [3.63, 3.8) is 0 Å². The molecule has 4 N–H and O–H groups in total. The van der Waals surface area contributed by atoms with Crippen molar-refractivity contribution in [3.8, 4) is 0 Å². The summed E-state index contributed by atoms with van der Waals surface area (Å²) < 4.78 is 9.81. The molecule has 43 valence electrons. The van der Waals surface area contributed by atoms with Gasteiger partial charge in [0, 0.05) is 6.54 Å². The molecule has 0 aromatic carbocycles. The predicted octanol–water partition coefficient (Wildman–Crippen LogP) is -0.715. The van der Waals surface area contributed by atoms with Crippen molar-refractivity contribution in [1.29, 1.82) is 0 Å². The highest BCUT2D eigenvalue weighted by Crippen LogP contribution is 2.33. The Morgan fingerprint density at radius 3 is 2.14 bits per heavy atom. The first-order valence-corrected chi connectivity index (χ1v) is 3.44. The van der Waals surface area contributed by atoms with E-state index in [1.54, 1.807) is 0 Å². The van der Waals surface area contributed by atoms with Gasteiger partial charge in [0.05, 0.1) is 6.16 Å². The van der Waals surface area contributed by atoms with Crippen LogP contribution in [0.5, 0.6) is 0 Å². The zero-order chi connectivity index (χ0) is 5.91. The summed E-state index contributed by atoms with van der Waals surface area (Å²) in [7, 11) is -3.85. The van der Waals surface area contributed by atoms with Crippen LogP contribution in [0.25, 0.3) is 0 Å². The Morgan fingerprint density at radius 2 is 2.14 bits per heavy atom. The average Bonchev–Trinajstić information content (AvgIpc) is 1.30. The number of hydrogen-bond donors (Lipinski definition) is 3. The minimum atomic E-state index is -3.85. The van der Waals surface area contributed by atoms with Crippen LogP contribution < -0.4 is 5.73 Å². The van der Waals surface area contributed by atoms with Gasteiger partial charge >= 0.3 is 7.60 Å². The summed E-state index contributed by atoms with van der Waals surface area (Å²) in [6.07, 6.45) is -0.340. The normalized spacial score (nSPS) is 11.9. The minimum absolute atomic E-state index is 0.340. The van der Waals surface area contributed by atoms with Crippen LogP contribution in [0.3, 0.4) is 0 Å². The first-order valence-electron chi connectivity index (χ1n) is 1.64. The lowest BCUT2D eigenvalue weighted by Crippen LogP contribution is -1.96. The van der Waals surface area contributed by atoms with E-state index in [1.807, 2.05) is 0 Å². The van der Waals surface area contributed by atoms with Gasteiger partial charge in [0.2, 0.25) is 0 Å². The summed E-state index contributed by atoms with van der Waals surface area (Å²) in [5, 5.41) is 0. The third-order valence-corrected chi connectivity index (χ3v) is 1.03. The van der Waals surface area contributed by atoms with E-state index in [1.165, 1.54) is 0 Å². The number of hydrogen-bond acceptors (Lipinski definition) is 2. The second-order valence-corrected chi connectivity index (χ2v) is 2.78. The molecule has 4 nitrogen and oxygen atoms in total. The molecule has 0 fully saturated rings. The lowest BCUT2D eigenvalue weighted by atomic mass is 10.8. The van der Waals surface area contributed by atoms with Crippen LogP contribution in [0.4, 0.5) is 0 Å². The van der Waals surface area contributed by atoms with Crippen molar-refractivity contribution in [1.82, 2.24) is 0 Å². The van der Waals surface area contributed by atoms with Gasteiger partial charge in [-0.1, -0.05) is 0 Å². The van der Waals surface area contributed by atoms with Crippen LogP contribution in [0.15, 0.2) is 0 Å². The Morgan fingerprint density at radius 1 is 1.71 bits per heavy atom. The maximum Gasteiger partial charge on any atom is 0.327 e. The summed E-state index contributed by atoms with van der Waals surface area (Å²) in [5.74, 6) is 0. The predicted molar refractivity (Wildman–Crippen MR) is 25.4 cm³/mol. The highest BCUT2D eigenvalue weighted by atomic mass is 31.2. The number of rotatable bonds is 2. The van der Waals surface area contributed by atoms with Gasteiger partial charge in [0.15, 0.2) is 0 Å². The summed E-state index contributed by atoms with van der Waals surface area (Å²) >= 11 is 0. The Labute approximate surface area is 41.5 Å². The van der Waals surface area contributed by atoms with Crippen LogP contribution in [0, 0.1) is 6.54 Å². The third-order valence-electron chi connectivity index (χ3n) is 0.343. The quantitative estimate of drug-likeness (QED) is 0.424. The molecule has 0 unspecified atom stereocenters. The van der Waals surface area contributed by atoms with E-state index in [4.69, 9.17) is 15.5 Å². The Kier molecular flexibility index (Phi) is 2.46. The van der Waals surface area contributed by atoms with Gasteiger partial charge in [-0.25, -0.2) is 0 Å². The van der Waals surface area contributed by atoms with E-state index >= 15 is 0 Å². The van der Waals surface area contributed by atoms with Crippen LogP contribution in [-0.2, 0) is 4.57 Å². The fourth-order valence-corrected chi connectivity index (χ4v) is 0.412. The van der Waals surface area contributed by atoms with Gasteiger partial charge in [-0.05, 0) is 0 Å². The van der Waals surface area contributed by atoms with Crippen molar-refractivity contribution in [2.45, 2.75) is 0 Å². The Balaban J connectivity index is 3.36. The van der Waals surface area contributed by atoms with Crippen LogP contribution in [-0.4, -0.2) is 15.9 Å². The highest BCUT2D eigenvalue weighted by Gasteiger charge is 2.09. The smallest absolute Gasteiger partial charge is 0.326 e. The molecular formula is C2H7NO3P. The van der Waals surface area contributed by atoms with Crippen molar-refractivity contribution in [2.75, 3.05) is 6.16 Å². The van der Waals surface area contributed by atoms with E-state index in [0.717, 1.165) is 6.54 Å². The van der Waals surface area contributed by atoms with Crippen molar-refractivity contribution in [3.05, 3.63) is 6.54 Å². The van der Waals surface area contributed by atoms with E-state index < -0.39 is 7.60 Å². The zero-order valence-electron chi connectivity index (χ0n) is 3.61. The standard InChI is InChI=1S/C2H7NO3P/c3-1-2-7(4,5)6/h1H,2-3H2,(H2,4,5,6). The van der Waals surface area contributed by atoms with E-state index in [2.05, 4.69) is 0 Å². The van der Waals surface area contributed by atoms with Gasteiger partial charge in [0.25, 0.3) is 0 Å². The molecule has 7 heavy (non-hydrogen) atoms. The summed E-state index contributed by atoms with van der Waals surface area (Å²) in [6.45, 7) is 0.945. The molecule has 0 aromatic rings. The summed E-state index contributed by atoms with van der Waals surface area (Å²) in [6, 6.07) is 0. The zero-order valence-corrected chi connectivity index (χ0v) is 4.51. The van der Waals surface area contributed by atoms with Gasteiger partial charge in [-0.15, -0.1) is 0 Å². The lowest BCUT2D eigenvalue weighted by molar-refractivity contribution is 0.375. The van der Waals surface area contributed by atoms with Crippen LogP contribution in [0.2, 0.25) is 0 Å². The average molecular weight is 124 g/mol. The molecule has 0 aromatic heterocycles. The van der Waals surface area contributed by atoms with Crippen LogP contribution in [0.1, 0.15) is 0 Å². The second-order valence-electron chi connectivity index (χ2n) is 1.08. The number of nitrogens with two attached hydrogens (primary N) is 1. The van der Waals surface area contributed by atoms with Gasteiger partial charge < -0.3 is 15.5 Å². The van der Waals surface area contributed by atoms with E-state index in [0.29, 0.717) is 0 Å².